The molecule has 1 aliphatic carbocycles. The monoisotopic (exact) mass is 407 g/mol. The van der Waals surface area contributed by atoms with Gasteiger partial charge in [0.15, 0.2) is 5.76 Å². The fourth-order valence-electron chi connectivity index (χ4n) is 3.06. The van der Waals surface area contributed by atoms with Gasteiger partial charge in [-0.3, -0.25) is 4.79 Å². The smallest absolute Gasteiger partial charge is 0.287 e. The van der Waals surface area contributed by atoms with Crippen molar-refractivity contribution in [2.24, 2.45) is 0 Å². The second-order valence-electron chi connectivity index (χ2n) is 6.57. The molecule has 144 valence electrons. The first-order chi connectivity index (χ1) is 13.1. The van der Waals surface area contributed by atoms with Crippen LogP contribution >= 0.6 is 23.4 Å². The molecular formula is C21H23ClFNO2S. The lowest BCUT2D eigenvalue weighted by molar-refractivity contribution is 0.0925. The molecule has 1 aromatic carbocycles. The zero-order valence-corrected chi connectivity index (χ0v) is 16.7. The number of hydrogen-bond acceptors (Lipinski definition) is 3. The molecule has 6 heteroatoms. The number of thioether (sulfide) groups is 1. The van der Waals surface area contributed by atoms with Crippen molar-refractivity contribution >= 4 is 29.3 Å². The van der Waals surface area contributed by atoms with Crippen molar-refractivity contribution < 1.29 is 13.6 Å². The van der Waals surface area contributed by atoms with Crippen LogP contribution in [0.4, 0.5) is 4.39 Å². The highest BCUT2D eigenvalue weighted by Gasteiger charge is 2.12. The van der Waals surface area contributed by atoms with Gasteiger partial charge >= 0.3 is 0 Å². The zero-order chi connectivity index (χ0) is 19.1. The minimum atomic E-state index is -0.303. The highest BCUT2D eigenvalue weighted by Crippen LogP contribution is 2.26. The van der Waals surface area contributed by atoms with E-state index < -0.39 is 0 Å². The Hall–Kier alpha value is -1.72. The summed E-state index contributed by atoms with van der Waals surface area (Å²) < 4.78 is 19.4. The van der Waals surface area contributed by atoms with Crippen LogP contribution in [-0.4, -0.2) is 12.5 Å². The number of rotatable bonds is 8. The molecule has 1 aliphatic rings. The Kier molecular flexibility index (Phi) is 7.41. The second kappa shape index (κ2) is 10.00. The van der Waals surface area contributed by atoms with E-state index in [4.69, 9.17) is 16.0 Å². The quantitative estimate of drug-likeness (QED) is 0.535. The first-order valence-corrected chi connectivity index (χ1v) is 10.7. The van der Waals surface area contributed by atoms with Gasteiger partial charge in [0.05, 0.1) is 5.75 Å². The van der Waals surface area contributed by atoms with Gasteiger partial charge in [0.1, 0.15) is 11.6 Å². The Morgan fingerprint density at radius 2 is 2.11 bits per heavy atom. The number of allylic oxidation sites excluding steroid dienone is 1. The average Bonchev–Trinajstić information content (AvgIpc) is 3.14. The van der Waals surface area contributed by atoms with Crippen molar-refractivity contribution in [3.05, 3.63) is 69.9 Å². The van der Waals surface area contributed by atoms with Gasteiger partial charge in [-0.25, -0.2) is 4.39 Å². The van der Waals surface area contributed by atoms with Crippen LogP contribution in [-0.2, 0) is 11.5 Å². The molecule has 0 atom stereocenters. The third-order valence-corrected chi connectivity index (χ3v) is 5.89. The van der Waals surface area contributed by atoms with Crippen LogP contribution in [0.5, 0.6) is 0 Å². The molecule has 0 bridgehead atoms. The molecule has 0 fully saturated rings. The van der Waals surface area contributed by atoms with Gasteiger partial charge in [0.2, 0.25) is 0 Å². The number of furan rings is 1. The van der Waals surface area contributed by atoms with Gasteiger partial charge in [-0.1, -0.05) is 29.3 Å². The van der Waals surface area contributed by atoms with E-state index in [2.05, 4.69) is 11.4 Å². The van der Waals surface area contributed by atoms with Gasteiger partial charge in [-0.2, -0.15) is 0 Å². The van der Waals surface area contributed by atoms with E-state index >= 15 is 0 Å². The maximum Gasteiger partial charge on any atom is 0.287 e. The molecule has 0 spiro atoms. The Morgan fingerprint density at radius 1 is 1.22 bits per heavy atom. The van der Waals surface area contributed by atoms with E-state index in [0.717, 1.165) is 19.3 Å². The minimum Gasteiger partial charge on any atom is -0.455 e. The predicted molar refractivity (Wildman–Crippen MR) is 109 cm³/mol. The highest BCUT2D eigenvalue weighted by molar-refractivity contribution is 7.97. The van der Waals surface area contributed by atoms with E-state index in [1.807, 2.05) is 0 Å². The second-order valence-corrected chi connectivity index (χ2v) is 7.97. The third-order valence-electron chi connectivity index (χ3n) is 4.55. The Balaban J connectivity index is 1.43. The summed E-state index contributed by atoms with van der Waals surface area (Å²) in [4.78, 5) is 12.2. The molecule has 1 heterocycles. The third kappa shape index (κ3) is 5.88. The molecule has 0 saturated carbocycles. The molecule has 1 amide bonds. The predicted octanol–water partition coefficient (Wildman–Crippen LogP) is 6.13. The SMILES string of the molecule is O=C(NCCC1=CCCCC1)c1ccc(CSCc2c(F)cccc2Cl)o1. The first kappa shape index (κ1) is 20.0. The number of hydrogen-bond donors (Lipinski definition) is 1. The van der Waals surface area contributed by atoms with E-state index in [1.165, 1.54) is 36.2 Å². The van der Waals surface area contributed by atoms with Gasteiger partial charge in [-0.15, -0.1) is 11.8 Å². The summed E-state index contributed by atoms with van der Waals surface area (Å²) in [6.07, 6.45) is 8.01. The van der Waals surface area contributed by atoms with E-state index in [-0.39, 0.29) is 11.7 Å². The number of benzene rings is 1. The van der Waals surface area contributed by atoms with Crippen LogP contribution in [0.1, 0.15) is 54.0 Å². The summed E-state index contributed by atoms with van der Waals surface area (Å²) in [5.41, 5.74) is 1.93. The van der Waals surface area contributed by atoms with Gasteiger partial charge in [0.25, 0.3) is 5.91 Å². The number of amides is 1. The molecule has 0 aliphatic heterocycles. The van der Waals surface area contributed by atoms with E-state index in [0.29, 0.717) is 40.2 Å². The van der Waals surface area contributed by atoms with Gasteiger partial charge < -0.3 is 9.73 Å². The van der Waals surface area contributed by atoms with Crippen molar-refractivity contribution in [2.75, 3.05) is 6.54 Å². The summed E-state index contributed by atoms with van der Waals surface area (Å²) in [6.45, 7) is 0.626. The van der Waals surface area contributed by atoms with Crippen molar-refractivity contribution in [1.82, 2.24) is 5.32 Å². The Morgan fingerprint density at radius 3 is 2.89 bits per heavy atom. The lowest BCUT2D eigenvalue weighted by Gasteiger charge is -2.12. The summed E-state index contributed by atoms with van der Waals surface area (Å²) in [5, 5.41) is 3.34. The van der Waals surface area contributed by atoms with Crippen LogP contribution in [0.15, 0.2) is 46.4 Å². The lowest BCUT2D eigenvalue weighted by atomic mass is 9.97. The molecule has 0 unspecified atom stereocenters. The van der Waals surface area contributed by atoms with Crippen LogP contribution in [0.3, 0.4) is 0 Å². The number of halogens is 2. The largest absolute Gasteiger partial charge is 0.455 e. The van der Waals surface area contributed by atoms with Crippen molar-refractivity contribution in [3.63, 3.8) is 0 Å². The lowest BCUT2D eigenvalue weighted by Crippen LogP contribution is -2.24. The van der Waals surface area contributed by atoms with Crippen molar-refractivity contribution in [3.8, 4) is 0 Å². The van der Waals surface area contributed by atoms with Gasteiger partial charge in [0, 0.05) is 22.9 Å². The van der Waals surface area contributed by atoms with Crippen molar-refractivity contribution in [2.45, 2.75) is 43.6 Å². The van der Waals surface area contributed by atoms with Crippen LogP contribution in [0, 0.1) is 5.82 Å². The summed E-state index contributed by atoms with van der Waals surface area (Å²) in [7, 11) is 0. The van der Waals surface area contributed by atoms with E-state index in [1.54, 1.807) is 24.3 Å². The molecular weight excluding hydrogens is 385 g/mol. The molecule has 3 nitrogen and oxygen atoms in total. The standard InChI is InChI=1S/C21H23ClFNO2S/c22-18-7-4-8-19(23)17(18)14-27-13-16-9-10-20(26-16)21(25)24-12-11-15-5-2-1-3-6-15/h4-5,7-10H,1-3,6,11-14H2,(H,24,25). The minimum absolute atomic E-state index is 0.195. The zero-order valence-electron chi connectivity index (χ0n) is 15.1. The summed E-state index contributed by atoms with van der Waals surface area (Å²) in [5.74, 6) is 1.50. The molecule has 1 aromatic heterocycles. The highest BCUT2D eigenvalue weighted by atomic mass is 35.5. The van der Waals surface area contributed by atoms with Gasteiger partial charge in [-0.05, 0) is 56.4 Å². The number of carbonyl (C=O) groups excluding carboxylic acids is 1. The maximum atomic E-state index is 13.8. The maximum absolute atomic E-state index is 13.8. The molecule has 0 radical (unpaired) electrons. The van der Waals surface area contributed by atoms with Crippen LogP contribution in [0.2, 0.25) is 5.02 Å². The van der Waals surface area contributed by atoms with Crippen LogP contribution < -0.4 is 5.32 Å². The Labute approximate surface area is 168 Å². The molecule has 0 saturated heterocycles. The summed E-state index contributed by atoms with van der Waals surface area (Å²) >= 11 is 7.52. The fourth-order valence-corrected chi connectivity index (χ4v) is 4.32. The van der Waals surface area contributed by atoms with Crippen LogP contribution in [0.25, 0.3) is 0 Å². The summed E-state index contributed by atoms with van der Waals surface area (Å²) in [6, 6.07) is 8.14. The fraction of sp³-hybridized carbons (Fsp3) is 0.381. The topological polar surface area (TPSA) is 42.2 Å². The normalized spacial score (nSPS) is 14.1. The first-order valence-electron chi connectivity index (χ1n) is 9.19. The Bertz CT molecular complexity index is 798. The number of nitrogens with one attached hydrogen (secondary N) is 1. The molecule has 2 aromatic rings. The molecule has 1 N–H and O–H groups in total. The molecule has 27 heavy (non-hydrogen) atoms. The van der Waals surface area contributed by atoms with E-state index in [9.17, 15) is 9.18 Å². The molecule has 3 rings (SSSR count). The number of carbonyl (C=O) groups is 1. The average molecular weight is 408 g/mol. The van der Waals surface area contributed by atoms with Crippen molar-refractivity contribution in [1.29, 1.82) is 0 Å².